The predicted octanol–water partition coefficient (Wildman–Crippen LogP) is 0.564. The Morgan fingerprint density at radius 2 is 2.36 bits per heavy atom. The summed E-state index contributed by atoms with van der Waals surface area (Å²) in [6.45, 7) is 6.06. The first-order valence-corrected chi connectivity index (χ1v) is 5.02. The molecule has 1 N–H and O–H groups in total. The molecule has 1 aliphatic heterocycles. The first kappa shape index (κ1) is 11.5. The number of esters is 1. The zero-order valence-electron chi connectivity index (χ0n) is 9.13. The molecule has 1 unspecified atom stereocenters. The minimum atomic E-state index is -0.598. The highest BCUT2D eigenvalue weighted by atomic mass is 16.5. The van der Waals surface area contributed by atoms with Gasteiger partial charge in [-0.15, -0.1) is 0 Å². The van der Waals surface area contributed by atoms with Gasteiger partial charge in [0.05, 0.1) is 13.7 Å². The summed E-state index contributed by atoms with van der Waals surface area (Å²) < 4.78 is 10.0. The summed E-state index contributed by atoms with van der Waals surface area (Å²) in [6.07, 6.45) is 0.701. The van der Waals surface area contributed by atoms with E-state index in [1.165, 1.54) is 7.11 Å². The third-order valence-corrected chi connectivity index (χ3v) is 2.45. The van der Waals surface area contributed by atoms with Crippen molar-refractivity contribution < 1.29 is 14.3 Å². The van der Waals surface area contributed by atoms with Crippen molar-refractivity contribution in [3.8, 4) is 0 Å². The normalized spacial score (nSPS) is 26.9. The Morgan fingerprint density at radius 3 is 2.79 bits per heavy atom. The molecule has 4 nitrogen and oxygen atoms in total. The molecular weight excluding hydrogens is 182 g/mol. The van der Waals surface area contributed by atoms with Gasteiger partial charge in [0.2, 0.25) is 0 Å². The number of ether oxygens (including phenoxy) is 2. The second-order valence-electron chi connectivity index (χ2n) is 4.15. The fourth-order valence-corrected chi connectivity index (χ4v) is 1.53. The molecule has 0 saturated carbocycles. The quantitative estimate of drug-likeness (QED) is 0.675. The van der Waals surface area contributed by atoms with Crippen LogP contribution in [-0.2, 0) is 14.3 Å². The van der Waals surface area contributed by atoms with Crippen LogP contribution in [0.5, 0.6) is 0 Å². The minimum absolute atomic E-state index is 0.212. The fraction of sp³-hybridized carbons (Fsp3) is 0.900. The van der Waals surface area contributed by atoms with E-state index in [0.29, 0.717) is 25.6 Å². The molecule has 82 valence electrons. The van der Waals surface area contributed by atoms with Crippen LogP contribution in [0.2, 0.25) is 0 Å². The van der Waals surface area contributed by atoms with Gasteiger partial charge in [-0.05, 0) is 12.5 Å². The first-order chi connectivity index (χ1) is 6.60. The lowest BCUT2D eigenvalue weighted by atomic mass is 9.98. The van der Waals surface area contributed by atoms with Gasteiger partial charge < -0.3 is 9.47 Å². The van der Waals surface area contributed by atoms with Crippen LogP contribution in [-0.4, -0.2) is 38.4 Å². The average Bonchev–Trinajstić information content (AvgIpc) is 2.63. The molecule has 14 heavy (non-hydrogen) atoms. The highest BCUT2D eigenvalue weighted by Gasteiger charge is 2.42. The molecule has 1 atom stereocenters. The minimum Gasteiger partial charge on any atom is -0.468 e. The maximum absolute atomic E-state index is 11.6. The first-order valence-electron chi connectivity index (χ1n) is 5.02. The largest absolute Gasteiger partial charge is 0.468 e. The van der Waals surface area contributed by atoms with Crippen LogP contribution in [0, 0.1) is 5.92 Å². The maximum atomic E-state index is 11.6. The molecule has 0 spiro atoms. The smallest absolute Gasteiger partial charge is 0.328 e. The second kappa shape index (κ2) is 4.75. The molecule has 4 heteroatoms. The average molecular weight is 201 g/mol. The summed E-state index contributed by atoms with van der Waals surface area (Å²) >= 11 is 0. The van der Waals surface area contributed by atoms with Crippen molar-refractivity contribution in [2.75, 3.05) is 26.9 Å². The highest BCUT2D eigenvalue weighted by Crippen LogP contribution is 2.20. The van der Waals surface area contributed by atoms with E-state index in [0.717, 1.165) is 6.54 Å². The van der Waals surface area contributed by atoms with Crippen molar-refractivity contribution in [1.82, 2.24) is 5.32 Å². The van der Waals surface area contributed by atoms with E-state index in [9.17, 15) is 4.79 Å². The Kier molecular flexibility index (Phi) is 3.89. The summed E-state index contributed by atoms with van der Waals surface area (Å²) in [5.74, 6) is 0.299. The van der Waals surface area contributed by atoms with Gasteiger partial charge in [-0.2, -0.15) is 0 Å². The molecule has 0 radical (unpaired) electrons. The van der Waals surface area contributed by atoms with Gasteiger partial charge in [-0.25, -0.2) is 4.79 Å². The van der Waals surface area contributed by atoms with Crippen molar-refractivity contribution in [2.45, 2.75) is 25.8 Å². The summed E-state index contributed by atoms with van der Waals surface area (Å²) in [7, 11) is 1.42. The maximum Gasteiger partial charge on any atom is 0.328 e. The topological polar surface area (TPSA) is 47.6 Å². The number of hydrogen-bond donors (Lipinski definition) is 1. The molecule has 1 saturated heterocycles. The molecule has 1 rings (SSSR count). The Bertz CT molecular complexity index is 198. The van der Waals surface area contributed by atoms with Crippen LogP contribution in [0.3, 0.4) is 0 Å². The predicted molar refractivity (Wildman–Crippen MR) is 53.0 cm³/mol. The molecule has 1 fully saturated rings. The SMILES string of the molecule is COC(=O)C1(NCC(C)C)CCOC1. The Balaban J connectivity index is 2.57. The molecule has 0 bridgehead atoms. The van der Waals surface area contributed by atoms with E-state index in [-0.39, 0.29) is 5.97 Å². The summed E-state index contributed by atoms with van der Waals surface area (Å²) in [6, 6.07) is 0. The van der Waals surface area contributed by atoms with Crippen LogP contribution >= 0.6 is 0 Å². The van der Waals surface area contributed by atoms with Crippen LogP contribution in [0.25, 0.3) is 0 Å². The molecule has 0 aromatic carbocycles. The number of carbonyl (C=O) groups is 1. The van der Waals surface area contributed by atoms with Crippen LogP contribution in [0.4, 0.5) is 0 Å². The second-order valence-corrected chi connectivity index (χ2v) is 4.15. The molecule has 1 aliphatic rings. The van der Waals surface area contributed by atoms with Crippen LogP contribution in [0.1, 0.15) is 20.3 Å². The van der Waals surface area contributed by atoms with Crippen molar-refractivity contribution in [2.24, 2.45) is 5.92 Å². The summed E-state index contributed by atoms with van der Waals surface area (Å²) in [4.78, 5) is 11.6. The Hall–Kier alpha value is -0.610. The van der Waals surface area contributed by atoms with E-state index in [2.05, 4.69) is 19.2 Å². The van der Waals surface area contributed by atoms with Crippen LogP contribution in [0.15, 0.2) is 0 Å². The van der Waals surface area contributed by atoms with Gasteiger partial charge in [0.1, 0.15) is 5.54 Å². The molecule has 0 aromatic heterocycles. The third kappa shape index (κ3) is 2.45. The van der Waals surface area contributed by atoms with E-state index in [1.54, 1.807) is 0 Å². The molecule has 0 aromatic rings. The third-order valence-electron chi connectivity index (χ3n) is 2.45. The van der Waals surface area contributed by atoms with E-state index >= 15 is 0 Å². The van der Waals surface area contributed by atoms with E-state index in [4.69, 9.17) is 9.47 Å². The summed E-state index contributed by atoms with van der Waals surface area (Å²) in [5.41, 5.74) is -0.598. The van der Waals surface area contributed by atoms with Crippen LogP contribution < -0.4 is 5.32 Å². The lowest BCUT2D eigenvalue weighted by molar-refractivity contribution is -0.148. The highest BCUT2D eigenvalue weighted by molar-refractivity contribution is 5.81. The van der Waals surface area contributed by atoms with Gasteiger partial charge in [-0.3, -0.25) is 5.32 Å². The number of hydrogen-bond acceptors (Lipinski definition) is 4. The van der Waals surface area contributed by atoms with Gasteiger partial charge >= 0.3 is 5.97 Å². The van der Waals surface area contributed by atoms with Gasteiger partial charge in [0.15, 0.2) is 0 Å². The zero-order valence-corrected chi connectivity index (χ0v) is 9.13. The Morgan fingerprint density at radius 1 is 1.64 bits per heavy atom. The summed E-state index contributed by atoms with van der Waals surface area (Å²) in [5, 5.41) is 3.25. The van der Waals surface area contributed by atoms with Crippen molar-refractivity contribution in [3.63, 3.8) is 0 Å². The van der Waals surface area contributed by atoms with Gasteiger partial charge in [0.25, 0.3) is 0 Å². The molecular formula is C10H19NO3. The molecule has 0 aliphatic carbocycles. The monoisotopic (exact) mass is 201 g/mol. The lowest BCUT2D eigenvalue weighted by Gasteiger charge is -2.26. The lowest BCUT2D eigenvalue weighted by Crippen LogP contribution is -2.54. The zero-order chi connectivity index (χ0) is 10.6. The van der Waals surface area contributed by atoms with Crippen molar-refractivity contribution in [3.05, 3.63) is 0 Å². The number of carbonyl (C=O) groups excluding carboxylic acids is 1. The van der Waals surface area contributed by atoms with E-state index in [1.807, 2.05) is 0 Å². The number of rotatable bonds is 4. The van der Waals surface area contributed by atoms with Crippen molar-refractivity contribution in [1.29, 1.82) is 0 Å². The van der Waals surface area contributed by atoms with Gasteiger partial charge in [0, 0.05) is 13.0 Å². The fourth-order valence-electron chi connectivity index (χ4n) is 1.53. The van der Waals surface area contributed by atoms with E-state index < -0.39 is 5.54 Å². The standard InChI is InChI=1S/C10H19NO3/c1-8(2)6-11-10(9(12)13-3)4-5-14-7-10/h8,11H,4-7H2,1-3H3. The molecule has 1 heterocycles. The Labute approximate surface area is 85.0 Å². The number of methoxy groups -OCH3 is 1. The molecule has 0 amide bonds. The van der Waals surface area contributed by atoms with Gasteiger partial charge in [-0.1, -0.05) is 13.8 Å². The number of nitrogens with one attached hydrogen (secondary N) is 1. The van der Waals surface area contributed by atoms with Crippen molar-refractivity contribution >= 4 is 5.97 Å².